The van der Waals surface area contributed by atoms with Crippen molar-refractivity contribution < 1.29 is 28.6 Å². The van der Waals surface area contributed by atoms with Crippen LogP contribution >= 0.6 is 0 Å². The molecule has 5 rings (SSSR count). The fraction of sp³-hybridized carbons (Fsp3) is 0.250. The van der Waals surface area contributed by atoms with E-state index in [0.29, 0.717) is 47.6 Å². The largest absolute Gasteiger partial charge is 0.503 e. The number of fused-ring (bicyclic) bond motifs is 1. The number of methoxy groups -OCH3 is 1. The van der Waals surface area contributed by atoms with Gasteiger partial charge in [0.1, 0.15) is 12.4 Å². The Hall–Kier alpha value is -4.56. The van der Waals surface area contributed by atoms with Crippen molar-refractivity contribution in [3.8, 4) is 11.5 Å². The number of amides is 1. The van der Waals surface area contributed by atoms with Crippen molar-refractivity contribution in [2.45, 2.75) is 19.1 Å². The van der Waals surface area contributed by atoms with Gasteiger partial charge in [-0.05, 0) is 62.5 Å². The topological polar surface area (TPSA) is 92.5 Å². The van der Waals surface area contributed by atoms with Crippen LogP contribution in [0.15, 0.2) is 94.6 Å². The Bertz CT molecular complexity index is 1560. The molecule has 1 atom stereocenters. The number of hydrogen-bond donors (Lipinski definition) is 1. The minimum absolute atomic E-state index is 0.0190. The quantitative estimate of drug-likeness (QED) is 0.249. The molecule has 0 aliphatic carbocycles. The van der Waals surface area contributed by atoms with Gasteiger partial charge in [-0.25, -0.2) is 0 Å². The van der Waals surface area contributed by atoms with Crippen LogP contribution in [0.4, 0.5) is 0 Å². The molecule has 4 aromatic rings. The van der Waals surface area contributed by atoms with E-state index in [9.17, 15) is 14.7 Å². The van der Waals surface area contributed by atoms with Crippen LogP contribution in [0.25, 0.3) is 11.0 Å². The van der Waals surface area contributed by atoms with E-state index in [1.165, 1.54) is 7.11 Å². The zero-order chi connectivity index (χ0) is 28.2. The van der Waals surface area contributed by atoms with Crippen LogP contribution in [0.5, 0.6) is 11.5 Å². The third-order valence-electron chi connectivity index (χ3n) is 6.93. The molecule has 0 saturated carbocycles. The fourth-order valence-corrected chi connectivity index (χ4v) is 4.98. The molecule has 40 heavy (non-hydrogen) atoms. The lowest BCUT2D eigenvalue weighted by Crippen LogP contribution is -2.33. The summed E-state index contributed by atoms with van der Waals surface area (Å²) in [5.41, 5.74) is 2.08. The lowest BCUT2D eigenvalue weighted by Gasteiger charge is -2.27. The fourth-order valence-electron chi connectivity index (χ4n) is 4.98. The van der Waals surface area contributed by atoms with Gasteiger partial charge in [0.2, 0.25) is 5.78 Å². The molecule has 8 nitrogen and oxygen atoms in total. The van der Waals surface area contributed by atoms with Crippen LogP contribution < -0.4 is 9.47 Å². The maximum absolute atomic E-state index is 13.9. The molecule has 1 N–H and O–H groups in total. The average Bonchev–Trinajstić information content (AvgIpc) is 3.51. The third-order valence-corrected chi connectivity index (χ3v) is 6.93. The highest BCUT2D eigenvalue weighted by Crippen LogP contribution is 2.41. The number of para-hydroxylation sites is 1. The highest BCUT2D eigenvalue weighted by Gasteiger charge is 2.44. The number of hydrogen-bond acceptors (Lipinski definition) is 7. The van der Waals surface area contributed by atoms with Crippen molar-refractivity contribution in [3.63, 3.8) is 0 Å². The number of nitrogens with zero attached hydrogens (tertiary/aromatic N) is 2. The predicted molar refractivity (Wildman–Crippen MR) is 152 cm³/mol. The Kier molecular flexibility index (Phi) is 7.89. The summed E-state index contributed by atoms with van der Waals surface area (Å²) in [7, 11) is 5.44. The van der Waals surface area contributed by atoms with Gasteiger partial charge in [-0.1, -0.05) is 54.6 Å². The normalized spacial score (nSPS) is 15.3. The Morgan fingerprint density at radius 2 is 1.80 bits per heavy atom. The molecule has 1 aliphatic heterocycles. The second kappa shape index (κ2) is 11.7. The van der Waals surface area contributed by atoms with Crippen molar-refractivity contribution in [2.75, 3.05) is 34.3 Å². The van der Waals surface area contributed by atoms with Crippen molar-refractivity contribution in [2.24, 2.45) is 0 Å². The van der Waals surface area contributed by atoms with Crippen molar-refractivity contribution in [1.29, 1.82) is 0 Å². The summed E-state index contributed by atoms with van der Waals surface area (Å²) in [4.78, 5) is 30.8. The number of aliphatic hydroxyl groups excluding tert-OH is 1. The third kappa shape index (κ3) is 5.44. The zero-order valence-corrected chi connectivity index (χ0v) is 22.8. The van der Waals surface area contributed by atoms with Gasteiger partial charge < -0.3 is 28.8 Å². The number of ketones is 1. The van der Waals surface area contributed by atoms with Gasteiger partial charge in [-0.3, -0.25) is 9.59 Å². The van der Waals surface area contributed by atoms with E-state index in [1.807, 2.05) is 79.7 Å². The maximum Gasteiger partial charge on any atom is 0.290 e. The van der Waals surface area contributed by atoms with Gasteiger partial charge in [0.15, 0.2) is 22.9 Å². The second-order valence-corrected chi connectivity index (χ2v) is 9.99. The molecule has 1 amide bonds. The number of furan rings is 1. The molecular weight excluding hydrogens is 508 g/mol. The Morgan fingerprint density at radius 1 is 1.02 bits per heavy atom. The van der Waals surface area contributed by atoms with Gasteiger partial charge in [0.05, 0.1) is 18.7 Å². The number of Topliss-reactive ketones (excluding diaryl/α,β-unsaturated/α-hetero) is 1. The number of ether oxygens (including phenoxy) is 2. The number of rotatable bonds is 11. The zero-order valence-electron chi connectivity index (χ0n) is 22.8. The first kappa shape index (κ1) is 27.0. The summed E-state index contributed by atoms with van der Waals surface area (Å²) in [6.07, 6.45) is 0.663. The molecule has 1 aliphatic rings. The van der Waals surface area contributed by atoms with E-state index in [1.54, 1.807) is 23.1 Å². The van der Waals surface area contributed by atoms with Crippen molar-refractivity contribution in [1.82, 2.24) is 9.80 Å². The minimum atomic E-state index is -0.808. The first-order valence-corrected chi connectivity index (χ1v) is 13.1. The van der Waals surface area contributed by atoms with Crippen LogP contribution in [-0.2, 0) is 11.4 Å². The SMILES string of the molecule is COc1cccc2cc(C(=O)C3=C(O)C(=O)N(CCCN(C)C)C3c3cccc(OCc4ccccc4)c3)oc12. The van der Waals surface area contributed by atoms with Crippen LogP contribution in [0, 0.1) is 0 Å². The average molecular weight is 541 g/mol. The second-order valence-electron chi connectivity index (χ2n) is 9.99. The first-order valence-electron chi connectivity index (χ1n) is 13.1. The van der Waals surface area contributed by atoms with E-state index in [0.717, 1.165) is 12.1 Å². The van der Waals surface area contributed by atoms with Crippen molar-refractivity contribution >= 4 is 22.7 Å². The Labute approximate surface area is 233 Å². The smallest absolute Gasteiger partial charge is 0.290 e. The minimum Gasteiger partial charge on any atom is -0.503 e. The highest BCUT2D eigenvalue weighted by molar-refractivity contribution is 6.16. The van der Waals surface area contributed by atoms with Crippen LogP contribution in [0.3, 0.4) is 0 Å². The van der Waals surface area contributed by atoms with Gasteiger partial charge >= 0.3 is 0 Å². The lowest BCUT2D eigenvalue weighted by atomic mass is 9.94. The lowest BCUT2D eigenvalue weighted by molar-refractivity contribution is -0.129. The van der Waals surface area contributed by atoms with Gasteiger partial charge in [-0.2, -0.15) is 0 Å². The van der Waals surface area contributed by atoms with Gasteiger partial charge in [0.25, 0.3) is 5.91 Å². The number of benzene rings is 3. The summed E-state index contributed by atoms with van der Waals surface area (Å²) in [5, 5.41) is 11.7. The molecule has 206 valence electrons. The van der Waals surface area contributed by atoms with Crippen LogP contribution in [0.1, 0.15) is 34.1 Å². The molecule has 0 saturated heterocycles. The summed E-state index contributed by atoms with van der Waals surface area (Å²) in [5.74, 6) is -0.610. The van der Waals surface area contributed by atoms with Gasteiger partial charge in [-0.15, -0.1) is 0 Å². The van der Waals surface area contributed by atoms with Gasteiger partial charge in [0, 0.05) is 11.9 Å². The first-order chi connectivity index (χ1) is 19.4. The van der Waals surface area contributed by atoms with E-state index < -0.39 is 23.5 Å². The molecule has 0 bridgehead atoms. The molecule has 1 aromatic heterocycles. The van der Waals surface area contributed by atoms with Crippen LogP contribution in [0.2, 0.25) is 0 Å². The molecule has 8 heteroatoms. The Balaban J connectivity index is 1.51. The van der Waals surface area contributed by atoms with E-state index >= 15 is 0 Å². The molecule has 0 radical (unpaired) electrons. The van der Waals surface area contributed by atoms with E-state index in [-0.39, 0.29) is 11.3 Å². The summed E-state index contributed by atoms with van der Waals surface area (Å²) >= 11 is 0. The molecule has 2 heterocycles. The summed E-state index contributed by atoms with van der Waals surface area (Å²) in [6, 6.07) is 23.2. The molecular formula is C32H32N2O6. The van der Waals surface area contributed by atoms with Crippen LogP contribution in [-0.4, -0.2) is 60.9 Å². The maximum atomic E-state index is 13.9. The monoisotopic (exact) mass is 540 g/mol. The highest BCUT2D eigenvalue weighted by atomic mass is 16.5. The standard InChI is InChI=1S/C32H32N2O6/c1-33(2)16-9-17-34-28(22-12-7-14-24(18-22)39-20-21-10-5-4-6-11-21)27(30(36)32(34)37)29(35)26-19-23-13-8-15-25(38-3)31(23)40-26/h4-8,10-15,18-19,28,36H,9,16-17,20H2,1-3H3. The number of carbonyl (C=O) groups excluding carboxylic acids is 2. The molecule has 0 fully saturated rings. The summed E-state index contributed by atoms with van der Waals surface area (Å²) in [6.45, 7) is 1.46. The number of aliphatic hydroxyl groups is 1. The van der Waals surface area contributed by atoms with E-state index in [4.69, 9.17) is 13.9 Å². The summed E-state index contributed by atoms with van der Waals surface area (Å²) < 4.78 is 17.3. The molecule has 3 aromatic carbocycles. The Morgan fingerprint density at radius 3 is 2.55 bits per heavy atom. The molecule has 1 unspecified atom stereocenters. The molecule has 0 spiro atoms. The van der Waals surface area contributed by atoms with E-state index in [2.05, 4.69) is 0 Å². The number of carbonyl (C=O) groups is 2. The van der Waals surface area contributed by atoms with Crippen molar-refractivity contribution in [3.05, 3.63) is 107 Å². The predicted octanol–water partition coefficient (Wildman–Crippen LogP) is 5.55.